The molecule has 0 bridgehead atoms. The van der Waals surface area contributed by atoms with Gasteiger partial charge in [-0.1, -0.05) is 12.2 Å². The predicted molar refractivity (Wildman–Crippen MR) is 52.5 cm³/mol. The topological polar surface area (TPSA) is 12.0 Å². The molecule has 0 spiro atoms. The van der Waals surface area contributed by atoms with Gasteiger partial charge in [0.05, 0.1) is 0 Å². The highest BCUT2D eigenvalue weighted by Gasteiger charge is 2.44. The highest BCUT2D eigenvalue weighted by Crippen LogP contribution is 2.41. The van der Waals surface area contributed by atoms with E-state index in [4.69, 9.17) is 0 Å². The Morgan fingerprint density at radius 3 is 2.64 bits per heavy atom. The van der Waals surface area contributed by atoms with Gasteiger partial charge in [0.1, 0.15) is 0 Å². The van der Waals surface area contributed by atoms with Crippen molar-refractivity contribution in [2.45, 2.75) is 44.1 Å². The van der Waals surface area contributed by atoms with Crippen LogP contribution in [-0.2, 0) is 0 Å². The zero-order chi connectivity index (χ0) is 10.0. The van der Waals surface area contributed by atoms with Gasteiger partial charge < -0.3 is 5.32 Å². The van der Waals surface area contributed by atoms with E-state index in [2.05, 4.69) is 17.5 Å². The van der Waals surface area contributed by atoms with Gasteiger partial charge in [-0.05, 0) is 31.7 Å². The van der Waals surface area contributed by atoms with Crippen molar-refractivity contribution in [1.82, 2.24) is 5.32 Å². The fourth-order valence-electron chi connectivity index (χ4n) is 2.24. The molecule has 2 aliphatic rings. The third-order valence-electron chi connectivity index (χ3n) is 3.14. The van der Waals surface area contributed by atoms with Crippen LogP contribution in [0.2, 0.25) is 0 Å². The van der Waals surface area contributed by atoms with Crippen molar-refractivity contribution in [3.05, 3.63) is 12.2 Å². The maximum absolute atomic E-state index is 12.5. The lowest BCUT2D eigenvalue weighted by molar-refractivity contribution is -0.109. The second kappa shape index (κ2) is 3.97. The van der Waals surface area contributed by atoms with E-state index in [1.807, 2.05) is 0 Å². The van der Waals surface area contributed by atoms with E-state index in [1.54, 1.807) is 0 Å². The van der Waals surface area contributed by atoms with E-state index >= 15 is 0 Å². The normalized spacial score (nSPS) is 31.4. The summed E-state index contributed by atoms with van der Waals surface area (Å²) in [7, 11) is 0. The summed E-state index contributed by atoms with van der Waals surface area (Å²) in [6.07, 6.45) is 7.87. The Morgan fingerprint density at radius 2 is 2.07 bits per heavy atom. The Labute approximate surface area is 83.6 Å². The van der Waals surface area contributed by atoms with Crippen LogP contribution in [0.15, 0.2) is 12.2 Å². The molecule has 14 heavy (non-hydrogen) atoms. The van der Waals surface area contributed by atoms with Crippen LogP contribution < -0.4 is 5.32 Å². The first-order chi connectivity index (χ1) is 6.66. The van der Waals surface area contributed by atoms with E-state index in [9.17, 15) is 8.78 Å². The van der Waals surface area contributed by atoms with Crippen LogP contribution in [0.3, 0.4) is 0 Å². The van der Waals surface area contributed by atoms with Crippen LogP contribution in [0.25, 0.3) is 0 Å². The van der Waals surface area contributed by atoms with Gasteiger partial charge in [-0.25, -0.2) is 8.78 Å². The Bertz CT molecular complexity index is 217. The number of alkyl halides is 2. The first kappa shape index (κ1) is 10.1. The molecule has 3 heteroatoms. The molecule has 1 fully saturated rings. The molecule has 1 nitrogen and oxygen atoms in total. The monoisotopic (exact) mass is 201 g/mol. The number of hydrogen-bond donors (Lipinski definition) is 1. The van der Waals surface area contributed by atoms with E-state index in [0.717, 1.165) is 25.8 Å². The van der Waals surface area contributed by atoms with Crippen molar-refractivity contribution in [1.29, 1.82) is 0 Å². The quantitative estimate of drug-likeness (QED) is 0.692. The summed E-state index contributed by atoms with van der Waals surface area (Å²) in [6, 6.07) is 0.522. The second-order valence-electron chi connectivity index (χ2n) is 4.52. The number of hydrogen-bond acceptors (Lipinski definition) is 1. The van der Waals surface area contributed by atoms with Crippen LogP contribution >= 0.6 is 0 Å². The molecule has 0 aliphatic heterocycles. The molecule has 80 valence electrons. The van der Waals surface area contributed by atoms with Crippen molar-refractivity contribution in [2.24, 2.45) is 5.92 Å². The molecule has 1 unspecified atom stereocenters. The molecule has 1 saturated carbocycles. The van der Waals surface area contributed by atoms with E-state index < -0.39 is 5.92 Å². The summed E-state index contributed by atoms with van der Waals surface area (Å²) in [5, 5.41) is 3.38. The van der Waals surface area contributed by atoms with Gasteiger partial charge in [0, 0.05) is 18.9 Å². The SMILES string of the molecule is FC1(F)CC(CNC2CC=CCC2)C1. The Kier molecular flexibility index (Phi) is 2.86. The predicted octanol–water partition coefficient (Wildman–Crippen LogP) is 2.73. The minimum Gasteiger partial charge on any atom is -0.313 e. The summed E-state index contributed by atoms with van der Waals surface area (Å²) in [4.78, 5) is 0. The highest BCUT2D eigenvalue weighted by atomic mass is 19.3. The van der Waals surface area contributed by atoms with Gasteiger partial charge in [-0.3, -0.25) is 0 Å². The van der Waals surface area contributed by atoms with Gasteiger partial charge in [0.2, 0.25) is 5.92 Å². The summed E-state index contributed by atoms with van der Waals surface area (Å²) < 4.78 is 25.0. The zero-order valence-electron chi connectivity index (χ0n) is 8.31. The average Bonchev–Trinajstić information content (AvgIpc) is 2.13. The van der Waals surface area contributed by atoms with E-state index in [-0.39, 0.29) is 18.8 Å². The van der Waals surface area contributed by atoms with E-state index in [1.165, 1.54) is 0 Å². The maximum Gasteiger partial charge on any atom is 0.248 e. The average molecular weight is 201 g/mol. The van der Waals surface area contributed by atoms with Crippen LogP contribution in [0, 0.1) is 5.92 Å². The van der Waals surface area contributed by atoms with Crippen molar-refractivity contribution in [3.8, 4) is 0 Å². The fraction of sp³-hybridized carbons (Fsp3) is 0.818. The van der Waals surface area contributed by atoms with E-state index in [0.29, 0.717) is 6.04 Å². The van der Waals surface area contributed by atoms with Gasteiger partial charge in [-0.15, -0.1) is 0 Å². The molecule has 0 saturated heterocycles. The van der Waals surface area contributed by atoms with Crippen molar-refractivity contribution in [3.63, 3.8) is 0 Å². The molecule has 1 atom stereocenters. The maximum atomic E-state index is 12.5. The second-order valence-corrected chi connectivity index (χ2v) is 4.52. The first-order valence-corrected chi connectivity index (χ1v) is 5.42. The molecular formula is C11H17F2N. The number of rotatable bonds is 3. The number of nitrogens with one attached hydrogen (secondary N) is 1. The van der Waals surface area contributed by atoms with Crippen LogP contribution in [0.5, 0.6) is 0 Å². The molecule has 0 radical (unpaired) electrons. The third-order valence-corrected chi connectivity index (χ3v) is 3.14. The number of halogens is 2. The lowest BCUT2D eigenvalue weighted by Crippen LogP contribution is -2.43. The van der Waals surface area contributed by atoms with Gasteiger partial charge in [0.15, 0.2) is 0 Å². The zero-order valence-corrected chi connectivity index (χ0v) is 8.31. The summed E-state index contributed by atoms with van der Waals surface area (Å²) in [5.41, 5.74) is 0. The Hall–Kier alpha value is -0.440. The Balaban J connectivity index is 1.62. The molecule has 0 aromatic rings. The van der Waals surface area contributed by atoms with Crippen molar-refractivity contribution < 1.29 is 8.78 Å². The summed E-state index contributed by atoms with van der Waals surface area (Å²) >= 11 is 0. The smallest absolute Gasteiger partial charge is 0.248 e. The number of allylic oxidation sites excluding steroid dienone is 1. The van der Waals surface area contributed by atoms with Gasteiger partial charge >= 0.3 is 0 Å². The molecule has 2 aliphatic carbocycles. The fourth-order valence-corrected chi connectivity index (χ4v) is 2.24. The molecule has 1 N–H and O–H groups in total. The molecule has 0 heterocycles. The van der Waals surface area contributed by atoms with Crippen LogP contribution in [0.4, 0.5) is 8.78 Å². The molecular weight excluding hydrogens is 184 g/mol. The van der Waals surface area contributed by atoms with Crippen molar-refractivity contribution >= 4 is 0 Å². The van der Waals surface area contributed by atoms with Gasteiger partial charge in [0.25, 0.3) is 0 Å². The Morgan fingerprint density at radius 1 is 1.29 bits per heavy atom. The molecule has 2 rings (SSSR count). The van der Waals surface area contributed by atoms with Crippen LogP contribution in [0.1, 0.15) is 32.1 Å². The molecule has 0 aromatic heterocycles. The summed E-state index contributed by atoms with van der Waals surface area (Å²) in [6.45, 7) is 0.772. The molecule has 0 aromatic carbocycles. The van der Waals surface area contributed by atoms with Crippen molar-refractivity contribution in [2.75, 3.05) is 6.54 Å². The first-order valence-electron chi connectivity index (χ1n) is 5.42. The standard InChI is InChI=1S/C11H17F2N/c12-11(13)6-9(7-11)8-14-10-4-2-1-3-5-10/h1-2,9-10,14H,3-8H2. The minimum atomic E-state index is -2.36. The third kappa shape index (κ3) is 2.53. The summed E-state index contributed by atoms with van der Waals surface area (Å²) in [5.74, 6) is -2.16. The lowest BCUT2D eigenvalue weighted by Gasteiger charge is -2.36. The lowest BCUT2D eigenvalue weighted by atomic mass is 9.81. The van der Waals surface area contributed by atoms with Gasteiger partial charge in [-0.2, -0.15) is 0 Å². The van der Waals surface area contributed by atoms with Crippen LogP contribution in [-0.4, -0.2) is 18.5 Å². The minimum absolute atomic E-state index is 0.0859. The highest BCUT2D eigenvalue weighted by molar-refractivity contribution is 4.94. The molecule has 0 amide bonds. The largest absolute Gasteiger partial charge is 0.313 e.